The third kappa shape index (κ3) is 49.0. The second-order valence-electron chi connectivity index (χ2n) is 15.9. The fraction of sp³-hybridized carbons (Fsp3) is 0.614. The highest BCUT2D eigenvalue weighted by molar-refractivity contribution is 5.70. The zero-order chi connectivity index (χ0) is 44.9. The van der Waals surface area contributed by atoms with Crippen LogP contribution in [0.25, 0.3) is 0 Å². The second kappa shape index (κ2) is 51.6. The molecule has 1 unspecified atom stereocenters. The molecule has 0 aliphatic carbocycles. The van der Waals surface area contributed by atoms with Gasteiger partial charge in [0.2, 0.25) is 0 Å². The van der Waals surface area contributed by atoms with E-state index in [-0.39, 0.29) is 25.2 Å². The van der Waals surface area contributed by atoms with E-state index in [0.717, 1.165) is 135 Å². The zero-order valence-corrected chi connectivity index (χ0v) is 40.1. The van der Waals surface area contributed by atoms with Crippen LogP contribution in [-0.4, -0.2) is 37.9 Å². The van der Waals surface area contributed by atoms with Crippen molar-refractivity contribution in [2.24, 2.45) is 0 Å². The summed E-state index contributed by atoms with van der Waals surface area (Å²) in [5, 5.41) is 0. The Morgan fingerprint density at radius 3 is 1.16 bits per heavy atom. The molecule has 1 atom stereocenters. The summed E-state index contributed by atoms with van der Waals surface area (Å²) in [7, 11) is 0. The number of esters is 2. The highest BCUT2D eigenvalue weighted by Crippen LogP contribution is 2.12. The van der Waals surface area contributed by atoms with E-state index in [4.69, 9.17) is 14.2 Å². The fourth-order valence-corrected chi connectivity index (χ4v) is 6.29. The normalized spacial score (nSPS) is 13.3. The molecule has 0 radical (unpaired) electrons. The molecule has 350 valence electrons. The van der Waals surface area contributed by atoms with Crippen molar-refractivity contribution in [3.63, 3.8) is 0 Å². The molecule has 0 saturated heterocycles. The van der Waals surface area contributed by atoms with Crippen LogP contribution in [0.2, 0.25) is 0 Å². The van der Waals surface area contributed by atoms with Gasteiger partial charge in [0.1, 0.15) is 6.61 Å². The van der Waals surface area contributed by atoms with Crippen molar-refractivity contribution < 1.29 is 23.8 Å². The molecule has 0 fully saturated rings. The summed E-state index contributed by atoms with van der Waals surface area (Å²) in [5.74, 6) is -0.467. The third-order valence-electron chi connectivity index (χ3n) is 9.94. The molecule has 0 aromatic rings. The van der Waals surface area contributed by atoms with Crippen molar-refractivity contribution in [1.82, 2.24) is 0 Å². The van der Waals surface area contributed by atoms with E-state index in [0.29, 0.717) is 19.4 Å². The lowest BCUT2D eigenvalue weighted by Crippen LogP contribution is -2.30. The molecule has 0 bridgehead atoms. The third-order valence-corrected chi connectivity index (χ3v) is 9.94. The first-order valence-corrected chi connectivity index (χ1v) is 25.1. The highest BCUT2D eigenvalue weighted by Gasteiger charge is 2.17. The Morgan fingerprint density at radius 2 is 0.726 bits per heavy atom. The number of hydrogen-bond acceptors (Lipinski definition) is 5. The van der Waals surface area contributed by atoms with Gasteiger partial charge in [-0.3, -0.25) is 9.59 Å². The van der Waals surface area contributed by atoms with Gasteiger partial charge in [-0.05, 0) is 122 Å². The lowest BCUT2D eigenvalue weighted by Gasteiger charge is -2.18. The van der Waals surface area contributed by atoms with Crippen molar-refractivity contribution in [2.75, 3.05) is 19.8 Å². The highest BCUT2D eigenvalue weighted by atomic mass is 16.6. The van der Waals surface area contributed by atoms with E-state index < -0.39 is 6.10 Å². The lowest BCUT2D eigenvalue weighted by atomic mass is 10.1. The van der Waals surface area contributed by atoms with E-state index in [1.165, 1.54) is 32.1 Å². The monoisotopic (exact) mass is 857 g/mol. The average Bonchev–Trinajstić information content (AvgIpc) is 3.27. The molecule has 0 amide bonds. The summed E-state index contributed by atoms with van der Waals surface area (Å²) in [6.45, 7) is 7.38. The SMILES string of the molecule is CC/C=C\C/C=C\C/C=C\C/C=C\C/C=C\CCCCOCC(COC(=O)CCCCCCC/C=C\C/C=C\C/C=C\CC)OC(=O)CCCCCCC/C=C\C/C=C\CCC. The van der Waals surface area contributed by atoms with Gasteiger partial charge in [0.15, 0.2) is 6.10 Å². The lowest BCUT2D eigenvalue weighted by molar-refractivity contribution is -0.163. The second-order valence-corrected chi connectivity index (χ2v) is 15.9. The quantitative estimate of drug-likeness (QED) is 0.0347. The number of ether oxygens (including phenoxy) is 3. The van der Waals surface area contributed by atoms with E-state index >= 15 is 0 Å². The average molecular weight is 857 g/mol. The maximum atomic E-state index is 12.8. The molecular weight excluding hydrogens is 765 g/mol. The molecule has 0 N–H and O–H groups in total. The molecule has 0 aromatic heterocycles. The van der Waals surface area contributed by atoms with Crippen LogP contribution in [0.4, 0.5) is 0 Å². The number of hydrogen-bond donors (Lipinski definition) is 0. The molecule has 0 aliphatic rings. The molecule has 0 heterocycles. The number of unbranched alkanes of at least 4 members (excludes halogenated alkanes) is 13. The molecule has 5 heteroatoms. The van der Waals surface area contributed by atoms with Crippen LogP contribution in [0.5, 0.6) is 0 Å². The van der Waals surface area contributed by atoms with Crippen LogP contribution in [-0.2, 0) is 23.8 Å². The maximum absolute atomic E-state index is 12.8. The Labute approximate surface area is 382 Å². The zero-order valence-electron chi connectivity index (χ0n) is 40.1. The van der Waals surface area contributed by atoms with Crippen LogP contribution in [0.1, 0.15) is 201 Å². The predicted molar refractivity (Wildman–Crippen MR) is 269 cm³/mol. The molecule has 62 heavy (non-hydrogen) atoms. The fourth-order valence-electron chi connectivity index (χ4n) is 6.29. The summed E-state index contributed by atoms with van der Waals surface area (Å²) in [4.78, 5) is 25.4. The minimum absolute atomic E-state index is 0.0451. The van der Waals surface area contributed by atoms with E-state index in [9.17, 15) is 9.59 Å². The molecule has 5 nitrogen and oxygen atoms in total. The Balaban J connectivity index is 4.42. The Hall–Kier alpha value is -3.70. The van der Waals surface area contributed by atoms with Gasteiger partial charge in [-0.25, -0.2) is 0 Å². The van der Waals surface area contributed by atoms with Gasteiger partial charge < -0.3 is 14.2 Å². The summed E-state index contributed by atoms with van der Waals surface area (Å²) in [5.41, 5.74) is 0. The topological polar surface area (TPSA) is 61.8 Å². The minimum Gasteiger partial charge on any atom is -0.462 e. The predicted octanol–water partition coefficient (Wildman–Crippen LogP) is 17.0. The summed E-state index contributed by atoms with van der Waals surface area (Å²) >= 11 is 0. The molecule has 0 saturated carbocycles. The largest absolute Gasteiger partial charge is 0.462 e. The van der Waals surface area contributed by atoms with Crippen molar-refractivity contribution >= 4 is 11.9 Å². The van der Waals surface area contributed by atoms with Crippen LogP contribution >= 0.6 is 0 Å². The van der Waals surface area contributed by atoms with Crippen molar-refractivity contribution in [1.29, 1.82) is 0 Å². The Kier molecular flexibility index (Phi) is 48.6. The van der Waals surface area contributed by atoms with Gasteiger partial charge in [0.05, 0.1) is 6.61 Å². The summed E-state index contributed by atoms with van der Waals surface area (Å²) in [6.07, 6.45) is 72.1. The van der Waals surface area contributed by atoms with Gasteiger partial charge in [-0.2, -0.15) is 0 Å². The van der Waals surface area contributed by atoms with Crippen molar-refractivity contribution in [2.45, 2.75) is 207 Å². The first-order valence-electron chi connectivity index (χ1n) is 25.1. The van der Waals surface area contributed by atoms with Gasteiger partial charge in [0, 0.05) is 19.4 Å². The number of rotatable bonds is 44. The molecule has 0 aromatic carbocycles. The molecular formula is C57H92O5. The van der Waals surface area contributed by atoms with Crippen LogP contribution in [0.3, 0.4) is 0 Å². The van der Waals surface area contributed by atoms with E-state index in [1.54, 1.807) is 0 Å². The maximum Gasteiger partial charge on any atom is 0.306 e. The van der Waals surface area contributed by atoms with Crippen molar-refractivity contribution in [3.05, 3.63) is 122 Å². The number of carbonyl (C=O) groups excluding carboxylic acids is 2. The van der Waals surface area contributed by atoms with Crippen LogP contribution in [0, 0.1) is 0 Å². The van der Waals surface area contributed by atoms with Gasteiger partial charge in [0.25, 0.3) is 0 Å². The Bertz CT molecular complexity index is 1290. The van der Waals surface area contributed by atoms with Gasteiger partial charge >= 0.3 is 11.9 Å². The van der Waals surface area contributed by atoms with Gasteiger partial charge in [-0.15, -0.1) is 0 Å². The number of allylic oxidation sites excluding steroid dienone is 20. The Morgan fingerprint density at radius 1 is 0.371 bits per heavy atom. The van der Waals surface area contributed by atoms with Crippen molar-refractivity contribution in [3.8, 4) is 0 Å². The smallest absolute Gasteiger partial charge is 0.306 e. The van der Waals surface area contributed by atoms with E-state index in [1.807, 2.05) is 0 Å². The number of carbonyl (C=O) groups is 2. The van der Waals surface area contributed by atoms with Crippen LogP contribution < -0.4 is 0 Å². The van der Waals surface area contributed by atoms with Crippen LogP contribution in [0.15, 0.2) is 122 Å². The van der Waals surface area contributed by atoms with E-state index in [2.05, 4.69) is 142 Å². The summed E-state index contributed by atoms with van der Waals surface area (Å²) < 4.78 is 17.3. The molecule has 0 aliphatic heterocycles. The minimum atomic E-state index is -0.581. The molecule has 0 spiro atoms. The first kappa shape index (κ1) is 58.3. The molecule has 0 rings (SSSR count). The van der Waals surface area contributed by atoms with Gasteiger partial charge in [-0.1, -0.05) is 187 Å². The summed E-state index contributed by atoms with van der Waals surface area (Å²) in [6, 6.07) is 0. The first-order chi connectivity index (χ1) is 30.6. The standard InChI is InChI=1S/C57H92O5/c1-4-7-10-13-16-19-22-25-27-28-29-31-34-37-40-43-46-49-52-60-53-55(62-57(59)51-48-45-42-39-36-32-24-21-18-15-12-9-6-3)54-61-56(58)50-47-44-41-38-35-33-30-26-23-20-17-14-11-8-5-2/h7-8,10-12,15-17,19-21,24-27,29-31,37,40,55H,4-6,9,13-14,18,22-23,28,32-36,38-39,41-54H2,1-3H3/b10-7-,11-8-,15-12-,19-16-,20-17-,24-21-,27-25-,30-26-,31-29-,40-37-.